The molecule has 2 aromatic rings. The van der Waals surface area contributed by atoms with E-state index in [9.17, 15) is 9.59 Å². The van der Waals surface area contributed by atoms with E-state index >= 15 is 0 Å². The number of rotatable bonds is 6. The summed E-state index contributed by atoms with van der Waals surface area (Å²) < 4.78 is 10.7. The van der Waals surface area contributed by atoms with E-state index in [2.05, 4.69) is 10.6 Å². The average Bonchev–Trinajstić information content (AvgIpc) is 2.60. The fourth-order valence-electron chi connectivity index (χ4n) is 2.15. The van der Waals surface area contributed by atoms with E-state index in [0.717, 1.165) is 11.3 Å². The van der Waals surface area contributed by atoms with Gasteiger partial charge in [-0.15, -0.1) is 0 Å². The first kappa shape index (κ1) is 18.3. The first-order valence-electron chi connectivity index (χ1n) is 7.97. The number of ether oxygens (including phenoxy) is 2. The maximum atomic E-state index is 12.0. The third kappa shape index (κ3) is 5.53. The Morgan fingerprint density at radius 2 is 1.68 bits per heavy atom. The van der Waals surface area contributed by atoms with Crippen molar-refractivity contribution in [3.05, 3.63) is 54.1 Å². The zero-order valence-electron chi connectivity index (χ0n) is 14.5. The first-order valence-corrected chi connectivity index (χ1v) is 7.97. The summed E-state index contributed by atoms with van der Waals surface area (Å²) in [5.41, 5.74) is 1.31. The molecule has 0 radical (unpaired) electrons. The second kappa shape index (κ2) is 8.73. The smallest absolute Gasteiger partial charge is 0.313 e. The molecule has 0 aromatic heterocycles. The summed E-state index contributed by atoms with van der Waals surface area (Å²) >= 11 is 0. The maximum absolute atomic E-state index is 12.0. The van der Waals surface area contributed by atoms with Gasteiger partial charge >= 0.3 is 11.8 Å². The van der Waals surface area contributed by atoms with Gasteiger partial charge in [0.15, 0.2) is 0 Å². The zero-order chi connectivity index (χ0) is 18.2. The number of carbonyl (C=O) groups is 2. The number of benzene rings is 2. The van der Waals surface area contributed by atoms with Crippen LogP contribution in [0.2, 0.25) is 0 Å². The van der Waals surface area contributed by atoms with Crippen LogP contribution in [0.1, 0.15) is 19.4 Å². The third-order valence-electron chi connectivity index (χ3n) is 3.31. The molecular weight excluding hydrogens is 320 g/mol. The van der Waals surface area contributed by atoms with Crippen molar-refractivity contribution in [3.8, 4) is 11.5 Å². The quantitative estimate of drug-likeness (QED) is 0.792. The summed E-state index contributed by atoms with van der Waals surface area (Å²) in [6, 6.07) is 14.2. The van der Waals surface area contributed by atoms with Crippen LogP contribution in [-0.2, 0) is 16.1 Å². The number of para-hydroxylation sites is 2. The van der Waals surface area contributed by atoms with Gasteiger partial charge in [0.2, 0.25) is 0 Å². The number of nitrogens with one attached hydrogen (secondary N) is 2. The van der Waals surface area contributed by atoms with Gasteiger partial charge in [0.05, 0.1) is 18.9 Å². The molecule has 2 aromatic carbocycles. The number of methoxy groups -OCH3 is 1. The number of hydrogen-bond acceptors (Lipinski definition) is 4. The Kier molecular flexibility index (Phi) is 6.39. The fraction of sp³-hybridized carbons (Fsp3) is 0.263. The van der Waals surface area contributed by atoms with Crippen LogP contribution in [-0.4, -0.2) is 25.0 Å². The van der Waals surface area contributed by atoms with Crippen molar-refractivity contribution >= 4 is 17.5 Å². The van der Waals surface area contributed by atoms with Crippen LogP contribution >= 0.6 is 0 Å². The van der Waals surface area contributed by atoms with Crippen LogP contribution in [0.15, 0.2) is 48.5 Å². The molecule has 0 atom stereocenters. The van der Waals surface area contributed by atoms with Gasteiger partial charge in [0.1, 0.15) is 11.5 Å². The molecule has 0 spiro atoms. The highest BCUT2D eigenvalue weighted by Crippen LogP contribution is 2.22. The minimum atomic E-state index is -0.746. The molecule has 2 N–H and O–H groups in total. The summed E-state index contributed by atoms with van der Waals surface area (Å²) in [4.78, 5) is 23.9. The van der Waals surface area contributed by atoms with Gasteiger partial charge < -0.3 is 20.1 Å². The molecular formula is C19H22N2O4. The molecule has 0 unspecified atom stereocenters. The van der Waals surface area contributed by atoms with E-state index in [-0.39, 0.29) is 12.6 Å². The van der Waals surface area contributed by atoms with E-state index in [4.69, 9.17) is 9.47 Å². The molecule has 0 aliphatic heterocycles. The number of anilines is 1. The SMILES string of the molecule is COc1ccccc1NC(=O)C(=O)NCc1ccc(OC(C)C)cc1. The molecule has 0 saturated carbocycles. The van der Waals surface area contributed by atoms with E-state index in [1.165, 1.54) is 7.11 Å². The summed E-state index contributed by atoms with van der Waals surface area (Å²) in [6.45, 7) is 4.16. The predicted molar refractivity (Wildman–Crippen MR) is 95.7 cm³/mol. The van der Waals surface area contributed by atoms with Gasteiger partial charge in [0, 0.05) is 6.54 Å². The minimum Gasteiger partial charge on any atom is -0.495 e. The van der Waals surface area contributed by atoms with Gasteiger partial charge in [-0.25, -0.2) is 0 Å². The second-order valence-electron chi connectivity index (χ2n) is 5.65. The Morgan fingerprint density at radius 1 is 1.00 bits per heavy atom. The highest BCUT2D eigenvalue weighted by atomic mass is 16.5. The first-order chi connectivity index (χ1) is 12.0. The lowest BCUT2D eigenvalue weighted by Crippen LogP contribution is -2.35. The van der Waals surface area contributed by atoms with Crippen LogP contribution in [0.25, 0.3) is 0 Å². The topological polar surface area (TPSA) is 76.7 Å². The van der Waals surface area contributed by atoms with Crippen molar-refractivity contribution in [1.82, 2.24) is 5.32 Å². The molecule has 25 heavy (non-hydrogen) atoms. The van der Waals surface area contributed by atoms with Crippen LogP contribution in [0, 0.1) is 0 Å². The maximum Gasteiger partial charge on any atom is 0.313 e. The largest absolute Gasteiger partial charge is 0.495 e. The van der Waals surface area contributed by atoms with E-state index in [1.807, 2.05) is 38.1 Å². The molecule has 132 valence electrons. The molecule has 0 heterocycles. The molecule has 6 heteroatoms. The fourth-order valence-corrected chi connectivity index (χ4v) is 2.15. The van der Waals surface area contributed by atoms with Gasteiger partial charge in [-0.2, -0.15) is 0 Å². The van der Waals surface area contributed by atoms with Crippen LogP contribution in [0.4, 0.5) is 5.69 Å². The Balaban J connectivity index is 1.88. The number of carbonyl (C=O) groups excluding carboxylic acids is 2. The Labute approximate surface area is 147 Å². The lowest BCUT2D eigenvalue weighted by atomic mass is 10.2. The highest BCUT2D eigenvalue weighted by Gasteiger charge is 2.15. The minimum absolute atomic E-state index is 0.101. The van der Waals surface area contributed by atoms with Crippen molar-refractivity contribution in [2.75, 3.05) is 12.4 Å². The normalized spacial score (nSPS) is 10.2. The van der Waals surface area contributed by atoms with Crippen molar-refractivity contribution in [2.45, 2.75) is 26.5 Å². The summed E-state index contributed by atoms with van der Waals surface area (Å²) in [5.74, 6) is -0.207. The van der Waals surface area contributed by atoms with E-state index in [0.29, 0.717) is 11.4 Å². The van der Waals surface area contributed by atoms with Crippen molar-refractivity contribution in [3.63, 3.8) is 0 Å². The molecule has 0 aliphatic rings. The molecule has 0 bridgehead atoms. The molecule has 0 fully saturated rings. The molecule has 0 saturated heterocycles. The van der Waals surface area contributed by atoms with Crippen LogP contribution < -0.4 is 20.1 Å². The number of amides is 2. The predicted octanol–water partition coefficient (Wildman–Crippen LogP) is 2.74. The molecule has 6 nitrogen and oxygen atoms in total. The summed E-state index contributed by atoms with van der Waals surface area (Å²) in [5, 5.41) is 5.12. The van der Waals surface area contributed by atoms with Crippen LogP contribution in [0.5, 0.6) is 11.5 Å². The number of hydrogen-bond donors (Lipinski definition) is 2. The Hall–Kier alpha value is -3.02. The zero-order valence-corrected chi connectivity index (χ0v) is 14.5. The van der Waals surface area contributed by atoms with E-state index in [1.54, 1.807) is 24.3 Å². The second-order valence-corrected chi connectivity index (χ2v) is 5.65. The highest BCUT2D eigenvalue weighted by molar-refractivity contribution is 6.39. The monoisotopic (exact) mass is 342 g/mol. The van der Waals surface area contributed by atoms with Gasteiger partial charge in [-0.1, -0.05) is 24.3 Å². The Bertz CT molecular complexity index is 726. The standard InChI is InChI=1S/C19H22N2O4/c1-13(2)25-15-10-8-14(9-11-15)12-20-18(22)19(23)21-16-6-4-5-7-17(16)24-3/h4-11,13H,12H2,1-3H3,(H,20,22)(H,21,23). The van der Waals surface area contributed by atoms with Gasteiger partial charge in [-0.3, -0.25) is 9.59 Å². The molecule has 2 amide bonds. The Morgan fingerprint density at radius 3 is 2.32 bits per heavy atom. The van der Waals surface area contributed by atoms with Gasteiger partial charge in [-0.05, 0) is 43.7 Å². The van der Waals surface area contributed by atoms with Crippen molar-refractivity contribution < 1.29 is 19.1 Å². The molecule has 0 aliphatic carbocycles. The molecule has 2 rings (SSSR count). The lowest BCUT2D eigenvalue weighted by molar-refractivity contribution is -0.136. The van der Waals surface area contributed by atoms with Crippen molar-refractivity contribution in [1.29, 1.82) is 0 Å². The third-order valence-corrected chi connectivity index (χ3v) is 3.31. The summed E-state index contributed by atoms with van der Waals surface area (Å²) in [6.07, 6.45) is 0.101. The van der Waals surface area contributed by atoms with E-state index < -0.39 is 11.8 Å². The van der Waals surface area contributed by atoms with Crippen LogP contribution in [0.3, 0.4) is 0 Å². The van der Waals surface area contributed by atoms with Gasteiger partial charge in [0.25, 0.3) is 0 Å². The summed E-state index contributed by atoms with van der Waals surface area (Å²) in [7, 11) is 1.50. The lowest BCUT2D eigenvalue weighted by Gasteiger charge is -2.11. The average molecular weight is 342 g/mol. The van der Waals surface area contributed by atoms with Crippen molar-refractivity contribution in [2.24, 2.45) is 0 Å².